The van der Waals surface area contributed by atoms with E-state index in [1.54, 1.807) is 30.6 Å². The van der Waals surface area contributed by atoms with E-state index in [4.69, 9.17) is 0 Å². The molecule has 3 heterocycles. The summed E-state index contributed by atoms with van der Waals surface area (Å²) in [7, 11) is 0. The number of benzene rings is 1. The molecule has 8 heteroatoms. The molecule has 1 aliphatic heterocycles. The molecule has 1 aliphatic rings. The van der Waals surface area contributed by atoms with Crippen molar-refractivity contribution in [3.05, 3.63) is 70.6 Å². The van der Waals surface area contributed by atoms with Gasteiger partial charge >= 0.3 is 0 Å². The van der Waals surface area contributed by atoms with Crippen molar-refractivity contribution >= 4 is 27.7 Å². The first-order valence-corrected chi connectivity index (χ1v) is 10.2. The molecule has 7 nitrogen and oxygen atoms in total. The first-order chi connectivity index (χ1) is 14.1. The molecular weight excluding hydrogens is 434 g/mol. The maximum atomic E-state index is 12.6. The van der Waals surface area contributed by atoms with Gasteiger partial charge in [0.15, 0.2) is 0 Å². The van der Waals surface area contributed by atoms with E-state index in [1.807, 2.05) is 29.2 Å². The van der Waals surface area contributed by atoms with E-state index in [9.17, 15) is 9.59 Å². The number of likely N-dealkylation sites (tertiary alicyclic amines) is 1. The quantitative estimate of drug-likeness (QED) is 0.633. The Morgan fingerprint density at radius 2 is 1.76 bits per heavy atom. The Balaban J connectivity index is 1.32. The molecule has 0 saturated carbocycles. The van der Waals surface area contributed by atoms with Crippen LogP contribution in [0, 0.1) is 0 Å². The Morgan fingerprint density at radius 3 is 2.45 bits per heavy atom. The highest BCUT2D eigenvalue weighted by atomic mass is 79.9. The topological polar surface area (TPSA) is 91.0 Å². The van der Waals surface area contributed by atoms with Crippen LogP contribution >= 0.6 is 15.9 Å². The number of nitrogens with one attached hydrogen (secondary N) is 2. The lowest BCUT2D eigenvalue weighted by Crippen LogP contribution is -2.46. The smallest absolute Gasteiger partial charge is 0.269 e. The Morgan fingerprint density at radius 1 is 1.07 bits per heavy atom. The standard InChI is InChI=1S/C21H20BrN5O2/c22-16-3-1-14(2-4-16)18-13-19(26-25-18)20(28)24-17-7-11-27(12-8-17)21(29)15-5-9-23-10-6-15/h1-6,9-10,13,17H,7-8,11-12H2,(H,24,28)(H,25,26). The van der Waals surface area contributed by atoms with E-state index < -0.39 is 0 Å². The SMILES string of the molecule is O=C(NC1CCN(C(=O)c2ccncc2)CC1)c1cc(-c2ccc(Br)cc2)n[nH]1. The highest BCUT2D eigenvalue weighted by Gasteiger charge is 2.25. The fraction of sp³-hybridized carbons (Fsp3) is 0.238. The van der Waals surface area contributed by atoms with Crippen LogP contribution in [0.4, 0.5) is 0 Å². The predicted octanol–water partition coefficient (Wildman–Crippen LogP) is 3.27. The zero-order valence-corrected chi connectivity index (χ0v) is 17.2. The van der Waals surface area contributed by atoms with Crippen molar-refractivity contribution in [2.75, 3.05) is 13.1 Å². The minimum atomic E-state index is -0.181. The summed E-state index contributed by atoms with van der Waals surface area (Å²) in [6, 6.07) is 13.0. The van der Waals surface area contributed by atoms with Gasteiger partial charge in [-0.05, 0) is 43.2 Å². The molecule has 2 N–H and O–H groups in total. The number of rotatable bonds is 4. The van der Waals surface area contributed by atoms with Gasteiger partial charge in [-0.25, -0.2) is 0 Å². The van der Waals surface area contributed by atoms with Crippen LogP contribution in [0.25, 0.3) is 11.3 Å². The second kappa shape index (κ2) is 8.57. The van der Waals surface area contributed by atoms with Crippen LogP contribution in [0.2, 0.25) is 0 Å². The van der Waals surface area contributed by atoms with Gasteiger partial charge in [-0.2, -0.15) is 5.10 Å². The van der Waals surface area contributed by atoms with E-state index in [0.717, 1.165) is 28.6 Å². The van der Waals surface area contributed by atoms with Crippen molar-refractivity contribution in [2.24, 2.45) is 0 Å². The van der Waals surface area contributed by atoms with Gasteiger partial charge in [0.25, 0.3) is 11.8 Å². The molecule has 0 radical (unpaired) electrons. The number of carbonyl (C=O) groups is 2. The number of aromatic nitrogens is 3. The summed E-state index contributed by atoms with van der Waals surface area (Å²) >= 11 is 3.41. The number of H-pyrrole nitrogens is 1. The van der Waals surface area contributed by atoms with E-state index >= 15 is 0 Å². The second-order valence-corrected chi connectivity index (χ2v) is 7.87. The molecule has 3 aromatic rings. The predicted molar refractivity (Wildman–Crippen MR) is 112 cm³/mol. The normalized spacial score (nSPS) is 14.6. The van der Waals surface area contributed by atoms with Crippen LogP contribution in [-0.2, 0) is 0 Å². The third-order valence-corrected chi connectivity index (χ3v) is 5.54. The lowest BCUT2D eigenvalue weighted by atomic mass is 10.0. The Kier molecular flexibility index (Phi) is 5.71. The Labute approximate surface area is 176 Å². The first kappa shape index (κ1) is 19.3. The van der Waals surface area contributed by atoms with Crippen LogP contribution in [0.3, 0.4) is 0 Å². The van der Waals surface area contributed by atoms with E-state index in [-0.39, 0.29) is 17.9 Å². The molecule has 4 rings (SSSR count). The average molecular weight is 454 g/mol. The second-order valence-electron chi connectivity index (χ2n) is 6.95. The number of nitrogens with zero attached hydrogens (tertiary/aromatic N) is 3. The van der Waals surface area contributed by atoms with Crippen LogP contribution in [0.1, 0.15) is 33.7 Å². The van der Waals surface area contributed by atoms with Crippen LogP contribution < -0.4 is 5.32 Å². The number of hydrogen-bond donors (Lipinski definition) is 2. The minimum Gasteiger partial charge on any atom is -0.348 e. The summed E-state index contributed by atoms with van der Waals surface area (Å²) in [6.07, 6.45) is 4.67. The number of piperidine rings is 1. The molecule has 2 aromatic heterocycles. The van der Waals surface area contributed by atoms with Gasteiger partial charge in [0.05, 0.1) is 5.69 Å². The molecule has 0 aliphatic carbocycles. The van der Waals surface area contributed by atoms with Crippen LogP contribution in [0.15, 0.2) is 59.3 Å². The van der Waals surface area contributed by atoms with Gasteiger partial charge in [-0.3, -0.25) is 19.7 Å². The van der Waals surface area contributed by atoms with Crippen LogP contribution in [0.5, 0.6) is 0 Å². The van der Waals surface area contributed by atoms with Crippen molar-refractivity contribution in [1.82, 2.24) is 25.4 Å². The fourth-order valence-electron chi connectivity index (χ4n) is 3.37. The van der Waals surface area contributed by atoms with Gasteiger partial charge in [0.2, 0.25) is 0 Å². The number of aromatic amines is 1. The van der Waals surface area contributed by atoms with Crippen molar-refractivity contribution in [3.8, 4) is 11.3 Å². The monoisotopic (exact) mass is 453 g/mol. The van der Waals surface area contributed by atoms with Crippen molar-refractivity contribution in [1.29, 1.82) is 0 Å². The Hall–Kier alpha value is -3.00. The summed E-state index contributed by atoms with van der Waals surface area (Å²) in [5.41, 5.74) is 2.73. The lowest BCUT2D eigenvalue weighted by Gasteiger charge is -2.32. The van der Waals surface area contributed by atoms with Crippen molar-refractivity contribution in [2.45, 2.75) is 18.9 Å². The van der Waals surface area contributed by atoms with E-state index in [1.165, 1.54) is 0 Å². The van der Waals surface area contributed by atoms with Gasteiger partial charge in [0.1, 0.15) is 5.69 Å². The molecule has 1 saturated heterocycles. The van der Waals surface area contributed by atoms with Gasteiger partial charge in [-0.15, -0.1) is 0 Å². The fourth-order valence-corrected chi connectivity index (χ4v) is 3.64. The maximum Gasteiger partial charge on any atom is 0.269 e. The number of halogens is 1. The molecule has 29 heavy (non-hydrogen) atoms. The van der Waals surface area contributed by atoms with Gasteiger partial charge < -0.3 is 10.2 Å². The first-order valence-electron chi connectivity index (χ1n) is 9.41. The third kappa shape index (κ3) is 4.54. The summed E-state index contributed by atoms with van der Waals surface area (Å²) < 4.78 is 0.989. The van der Waals surface area contributed by atoms with Crippen LogP contribution in [-0.4, -0.2) is 51.0 Å². The summed E-state index contributed by atoms with van der Waals surface area (Å²) in [6.45, 7) is 1.22. The maximum absolute atomic E-state index is 12.6. The number of amides is 2. The molecule has 1 aromatic carbocycles. The summed E-state index contributed by atoms with van der Waals surface area (Å²) in [5.74, 6) is -0.176. The number of pyridine rings is 1. The summed E-state index contributed by atoms with van der Waals surface area (Å²) in [4.78, 5) is 30.8. The molecule has 148 valence electrons. The van der Waals surface area contributed by atoms with Gasteiger partial charge in [0, 0.05) is 47.1 Å². The highest BCUT2D eigenvalue weighted by molar-refractivity contribution is 9.10. The molecular formula is C21H20BrN5O2. The minimum absolute atomic E-state index is 0.00452. The molecule has 0 bridgehead atoms. The van der Waals surface area contributed by atoms with E-state index in [2.05, 4.69) is 36.4 Å². The largest absolute Gasteiger partial charge is 0.348 e. The average Bonchev–Trinajstić information content (AvgIpc) is 3.25. The third-order valence-electron chi connectivity index (χ3n) is 5.01. The molecule has 0 spiro atoms. The molecule has 0 unspecified atom stereocenters. The van der Waals surface area contributed by atoms with Gasteiger partial charge in [-0.1, -0.05) is 28.1 Å². The zero-order valence-electron chi connectivity index (χ0n) is 15.6. The zero-order chi connectivity index (χ0) is 20.2. The molecule has 1 fully saturated rings. The molecule has 0 atom stereocenters. The lowest BCUT2D eigenvalue weighted by molar-refractivity contribution is 0.0697. The highest BCUT2D eigenvalue weighted by Crippen LogP contribution is 2.21. The molecule has 2 amide bonds. The van der Waals surface area contributed by atoms with E-state index in [0.29, 0.717) is 24.3 Å². The summed E-state index contributed by atoms with van der Waals surface area (Å²) in [5, 5.41) is 10.1. The number of carbonyl (C=O) groups excluding carboxylic acids is 2. The Bertz CT molecular complexity index is 995. The van der Waals surface area contributed by atoms with Crippen molar-refractivity contribution < 1.29 is 9.59 Å². The van der Waals surface area contributed by atoms with Crippen molar-refractivity contribution in [3.63, 3.8) is 0 Å². The number of hydrogen-bond acceptors (Lipinski definition) is 4.